The van der Waals surface area contributed by atoms with Crippen molar-refractivity contribution < 1.29 is 14.6 Å². The molecule has 0 saturated carbocycles. The van der Waals surface area contributed by atoms with Gasteiger partial charge in [-0.25, -0.2) is 9.78 Å². The molecule has 0 radical (unpaired) electrons. The van der Waals surface area contributed by atoms with E-state index in [0.29, 0.717) is 28.2 Å². The summed E-state index contributed by atoms with van der Waals surface area (Å²) >= 11 is 3.39. The van der Waals surface area contributed by atoms with E-state index in [2.05, 4.69) is 31.1 Å². The molecule has 27 heavy (non-hydrogen) atoms. The average molecular weight is 424 g/mol. The van der Waals surface area contributed by atoms with Crippen LogP contribution in [0.5, 0.6) is 5.75 Å². The molecule has 4 rings (SSSR count). The molecule has 0 unspecified atom stereocenters. The molecule has 2 aromatic heterocycles. The maximum absolute atomic E-state index is 12.0. The van der Waals surface area contributed by atoms with Crippen LogP contribution in [-0.4, -0.2) is 33.4 Å². The first kappa shape index (κ1) is 17.2. The number of ether oxygens (including phenoxy) is 1. The van der Waals surface area contributed by atoms with E-state index in [-0.39, 0.29) is 5.56 Å². The average Bonchev–Trinajstić information content (AvgIpc) is 3.11. The highest BCUT2D eigenvalue weighted by atomic mass is 79.9. The Balaban J connectivity index is 1.94. The van der Waals surface area contributed by atoms with E-state index in [9.17, 15) is 9.90 Å². The lowest BCUT2D eigenvalue weighted by atomic mass is 10.0. The number of rotatable bonds is 4. The number of aromatic amines is 1. The second kappa shape index (κ2) is 6.85. The molecule has 2 aromatic carbocycles. The maximum Gasteiger partial charge on any atom is 0.336 e. The minimum Gasteiger partial charge on any atom is -0.497 e. The summed E-state index contributed by atoms with van der Waals surface area (Å²) in [5.74, 6) is -0.363. The molecule has 0 amide bonds. The topological polar surface area (TPSA) is 88.1 Å². The highest BCUT2D eigenvalue weighted by Crippen LogP contribution is 2.33. The van der Waals surface area contributed by atoms with Crippen LogP contribution in [0, 0.1) is 0 Å². The van der Waals surface area contributed by atoms with Gasteiger partial charge in [0.05, 0.1) is 29.4 Å². The summed E-state index contributed by atoms with van der Waals surface area (Å²) in [6.07, 6.45) is 0. The summed E-state index contributed by atoms with van der Waals surface area (Å²) in [6.45, 7) is 0. The first-order chi connectivity index (χ1) is 13.1. The van der Waals surface area contributed by atoms with Crippen molar-refractivity contribution in [3.05, 3.63) is 64.6 Å². The van der Waals surface area contributed by atoms with Crippen molar-refractivity contribution in [1.82, 2.24) is 15.2 Å². The number of carbonyl (C=O) groups is 1. The van der Waals surface area contributed by atoms with Gasteiger partial charge in [0.2, 0.25) is 0 Å². The molecule has 2 N–H and O–H groups in total. The summed E-state index contributed by atoms with van der Waals surface area (Å²) in [4.78, 5) is 16.5. The minimum atomic E-state index is -1.04. The summed E-state index contributed by atoms with van der Waals surface area (Å²) in [7, 11) is 1.58. The largest absolute Gasteiger partial charge is 0.497 e. The van der Waals surface area contributed by atoms with Crippen LogP contribution in [0.3, 0.4) is 0 Å². The zero-order valence-electron chi connectivity index (χ0n) is 14.2. The van der Waals surface area contributed by atoms with E-state index < -0.39 is 5.97 Å². The SMILES string of the molecule is COc1cccc(-c2[nH]nc3nc(-c4ccc(Br)cc4)cc(C(=O)O)c23)c1. The number of hydrogen-bond donors (Lipinski definition) is 2. The minimum absolute atomic E-state index is 0.143. The Hall–Kier alpha value is -3.19. The number of halogens is 1. The predicted molar refractivity (Wildman–Crippen MR) is 106 cm³/mol. The number of fused-ring (bicyclic) bond motifs is 1. The lowest BCUT2D eigenvalue weighted by Crippen LogP contribution is -2.00. The van der Waals surface area contributed by atoms with Gasteiger partial charge >= 0.3 is 5.97 Å². The molecule has 0 fully saturated rings. The number of carboxylic acid groups (broad SMARTS) is 1. The Bertz CT molecular complexity index is 1150. The number of nitrogens with zero attached hydrogens (tertiary/aromatic N) is 2. The number of methoxy groups -OCH3 is 1. The third-order valence-electron chi connectivity index (χ3n) is 4.25. The monoisotopic (exact) mass is 423 g/mol. The number of aromatic carboxylic acids is 1. The second-order valence-corrected chi connectivity index (χ2v) is 6.81. The highest BCUT2D eigenvalue weighted by molar-refractivity contribution is 9.10. The number of hydrogen-bond acceptors (Lipinski definition) is 4. The Morgan fingerprint density at radius 3 is 2.59 bits per heavy atom. The van der Waals surface area contributed by atoms with Gasteiger partial charge in [-0.1, -0.05) is 40.2 Å². The van der Waals surface area contributed by atoms with Gasteiger partial charge in [-0.3, -0.25) is 5.10 Å². The molecule has 0 aliphatic carbocycles. The van der Waals surface area contributed by atoms with E-state index in [1.165, 1.54) is 0 Å². The molecule has 0 spiro atoms. The Kier molecular flexibility index (Phi) is 4.37. The fraction of sp³-hybridized carbons (Fsp3) is 0.0500. The quantitative estimate of drug-likeness (QED) is 0.493. The lowest BCUT2D eigenvalue weighted by Gasteiger charge is -2.07. The van der Waals surface area contributed by atoms with Gasteiger partial charge in [0.25, 0.3) is 0 Å². The van der Waals surface area contributed by atoms with Gasteiger partial charge in [-0.2, -0.15) is 5.10 Å². The molecule has 134 valence electrons. The van der Waals surface area contributed by atoms with Crippen molar-refractivity contribution >= 4 is 32.9 Å². The summed E-state index contributed by atoms with van der Waals surface area (Å²) < 4.78 is 6.20. The van der Waals surface area contributed by atoms with Gasteiger partial charge in [0.15, 0.2) is 5.65 Å². The van der Waals surface area contributed by atoms with Crippen molar-refractivity contribution in [2.24, 2.45) is 0 Å². The number of benzene rings is 2. The van der Waals surface area contributed by atoms with E-state index >= 15 is 0 Å². The third kappa shape index (κ3) is 3.17. The predicted octanol–water partition coefficient (Wildman–Crippen LogP) is 4.76. The zero-order valence-corrected chi connectivity index (χ0v) is 15.8. The van der Waals surface area contributed by atoms with E-state index in [1.807, 2.05) is 48.5 Å². The molecule has 0 bridgehead atoms. The molecule has 2 heterocycles. The molecular formula is C20H14BrN3O3. The molecule has 4 aromatic rings. The second-order valence-electron chi connectivity index (χ2n) is 5.90. The smallest absolute Gasteiger partial charge is 0.336 e. The molecule has 0 saturated heterocycles. The van der Waals surface area contributed by atoms with E-state index in [1.54, 1.807) is 13.2 Å². The van der Waals surface area contributed by atoms with Gasteiger partial charge in [0.1, 0.15) is 5.75 Å². The van der Waals surface area contributed by atoms with Crippen molar-refractivity contribution in [1.29, 1.82) is 0 Å². The number of carboxylic acids is 1. The normalized spacial score (nSPS) is 10.9. The van der Waals surface area contributed by atoms with Gasteiger partial charge in [-0.05, 0) is 30.3 Å². The Morgan fingerprint density at radius 1 is 1.11 bits per heavy atom. The lowest BCUT2D eigenvalue weighted by molar-refractivity contribution is 0.0699. The molecule has 0 aliphatic rings. The molecule has 7 heteroatoms. The van der Waals surface area contributed by atoms with Crippen LogP contribution < -0.4 is 4.74 Å². The standard InChI is InChI=1S/C20H14BrN3O3/c1-27-14-4-2-3-12(9-14)18-17-15(20(25)26)10-16(22-19(17)24-23-18)11-5-7-13(21)8-6-11/h2-10H,1H3,(H,25,26)(H,22,23,24). The number of pyridine rings is 1. The Labute approximate surface area is 163 Å². The van der Waals surface area contributed by atoms with Gasteiger partial charge < -0.3 is 9.84 Å². The number of nitrogens with one attached hydrogen (secondary N) is 1. The van der Waals surface area contributed by atoms with Crippen LogP contribution >= 0.6 is 15.9 Å². The fourth-order valence-electron chi connectivity index (χ4n) is 2.95. The van der Waals surface area contributed by atoms with Gasteiger partial charge in [0, 0.05) is 15.6 Å². The maximum atomic E-state index is 12.0. The van der Waals surface area contributed by atoms with Crippen LogP contribution in [-0.2, 0) is 0 Å². The highest BCUT2D eigenvalue weighted by Gasteiger charge is 2.20. The molecule has 6 nitrogen and oxygen atoms in total. The van der Waals surface area contributed by atoms with Crippen LogP contribution in [0.15, 0.2) is 59.1 Å². The number of aromatic nitrogens is 3. The van der Waals surface area contributed by atoms with Crippen LogP contribution in [0.4, 0.5) is 0 Å². The Morgan fingerprint density at radius 2 is 1.89 bits per heavy atom. The third-order valence-corrected chi connectivity index (χ3v) is 4.78. The zero-order chi connectivity index (χ0) is 19.0. The first-order valence-corrected chi connectivity index (χ1v) is 8.89. The molecule has 0 aliphatic heterocycles. The van der Waals surface area contributed by atoms with E-state index in [4.69, 9.17) is 4.74 Å². The summed E-state index contributed by atoms with van der Waals surface area (Å²) in [6, 6.07) is 16.4. The molecule has 0 atom stereocenters. The van der Waals surface area contributed by atoms with Crippen molar-refractivity contribution in [3.63, 3.8) is 0 Å². The van der Waals surface area contributed by atoms with Crippen molar-refractivity contribution in [2.75, 3.05) is 7.11 Å². The fourth-order valence-corrected chi connectivity index (χ4v) is 3.21. The molecular weight excluding hydrogens is 410 g/mol. The van der Waals surface area contributed by atoms with Crippen LogP contribution in [0.1, 0.15) is 10.4 Å². The van der Waals surface area contributed by atoms with E-state index in [0.717, 1.165) is 15.6 Å². The first-order valence-electron chi connectivity index (χ1n) is 8.09. The van der Waals surface area contributed by atoms with Crippen molar-refractivity contribution in [3.8, 4) is 28.3 Å². The summed E-state index contributed by atoms with van der Waals surface area (Å²) in [5, 5.41) is 17.4. The summed E-state index contributed by atoms with van der Waals surface area (Å²) in [5.41, 5.74) is 3.23. The van der Waals surface area contributed by atoms with Crippen molar-refractivity contribution in [2.45, 2.75) is 0 Å². The van der Waals surface area contributed by atoms with Gasteiger partial charge in [-0.15, -0.1) is 0 Å². The van der Waals surface area contributed by atoms with Crippen LogP contribution in [0.25, 0.3) is 33.5 Å². The number of H-pyrrole nitrogens is 1. The van der Waals surface area contributed by atoms with Crippen LogP contribution in [0.2, 0.25) is 0 Å².